The van der Waals surface area contributed by atoms with E-state index in [9.17, 15) is 0 Å². The Hall–Kier alpha value is -1.80. The van der Waals surface area contributed by atoms with Crippen molar-refractivity contribution >= 4 is 0 Å². The van der Waals surface area contributed by atoms with Crippen LogP contribution in [0.25, 0.3) is 0 Å². The van der Waals surface area contributed by atoms with Crippen molar-refractivity contribution in [1.29, 1.82) is 0 Å². The Morgan fingerprint density at radius 3 is 2.37 bits per heavy atom. The molecule has 0 heterocycles. The summed E-state index contributed by atoms with van der Waals surface area (Å²) in [6, 6.07) is 16.1. The molecule has 2 N–H and O–H groups in total. The largest absolute Gasteiger partial charge is 0.457 e. The van der Waals surface area contributed by atoms with E-state index in [1.54, 1.807) is 0 Å². The Kier molecular flexibility index (Phi) is 4.58. The van der Waals surface area contributed by atoms with Crippen LogP contribution in [0.4, 0.5) is 0 Å². The van der Waals surface area contributed by atoms with E-state index in [1.807, 2.05) is 43.3 Å². The molecule has 1 atom stereocenters. The Morgan fingerprint density at radius 2 is 1.74 bits per heavy atom. The molecule has 0 radical (unpaired) electrons. The third kappa shape index (κ3) is 3.58. The summed E-state index contributed by atoms with van der Waals surface area (Å²) in [7, 11) is 0. The van der Waals surface area contributed by atoms with Crippen LogP contribution in [0.1, 0.15) is 37.4 Å². The second-order valence-electron chi connectivity index (χ2n) is 4.82. The van der Waals surface area contributed by atoms with Gasteiger partial charge in [-0.15, -0.1) is 0 Å². The smallest absolute Gasteiger partial charge is 0.132 e. The van der Waals surface area contributed by atoms with Gasteiger partial charge >= 0.3 is 0 Å². The summed E-state index contributed by atoms with van der Waals surface area (Å²) in [6.07, 6.45) is 2.27. The van der Waals surface area contributed by atoms with E-state index in [1.165, 1.54) is 5.56 Å². The van der Waals surface area contributed by atoms with Gasteiger partial charge in [-0.1, -0.05) is 43.7 Å². The van der Waals surface area contributed by atoms with Gasteiger partial charge in [-0.3, -0.25) is 0 Å². The van der Waals surface area contributed by atoms with Gasteiger partial charge in [-0.2, -0.15) is 0 Å². The van der Waals surface area contributed by atoms with Gasteiger partial charge in [0.25, 0.3) is 0 Å². The van der Waals surface area contributed by atoms with Gasteiger partial charge in [0.05, 0.1) is 0 Å². The molecular weight excluding hydrogens is 234 g/mol. The molecule has 0 saturated carbocycles. The molecule has 2 aromatic carbocycles. The van der Waals surface area contributed by atoms with Gasteiger partial charge in [0.2, 0.25) is 0 Å². The van der Waals surface area contributed by atoms with E-state index in [0.717, 1.165) is 29.9 Å². The minimum Gasteiger partial charge on any atom is -0.457 e. The number of hydrogen-bond donors (Lipinski definition) is 1. The van der Waals surface area contributed by atoms with Crippen LogP contribution in [0.2, 0.25) is 0 Å². The fourth-order valence-electron chi connectivity index (χ4n) is 2.09. The molecule has 0 aliphatic heterocycles. The van der Waals surface area contributed by atoms with Crippen LogP contribution in [0.5, 0.6) is 11.5 Å². The Bertz CT molecular complexity index is 517. The molecule has 0 aliphatic carbocycles. The summed E-state index contributed by atoms with van der Waals surface area (Å²) in [5.74, 6) is 1.69. The second-order valence-corrected chi connectivity index (χ2v) is 4.82. The highest BCUT2D eigenvalue weighted by Gasteiger charge is 2.07. The third-order valence-electron chi connectivity index (χ3n) is 3.10. The fourth-order valence-corrected chi connectivity index (χ4v) is 2.09. The Labute approximate surface area is 115 Å². The van der Waals surface area contributed by atoms with Gasteiger partial charge in [0.1, 0.15) is 11.5 Å². The SMILES string of the molecule is CCCc1ccc(Oc2ccccc2[C@@H](C)N)cc1. The molecular formula is C17H21NO. The van der Waals surface area contributed by atoms with E-state index in [0.29, 0.717) is 0 Å². The molecule has 2 rings (SSSR count). The van der Waals surface area contributed by atoms with Crippen LogP contribution in [-0.2, 0) is 6.42 Å². The number of aryl methyl sites for hydroxylation is 1. The van der Waals surface area contributed by atoms with Crippen molar-refractivity contribution in [2.45, 2.75) is 32.7 Å². The van der Waals surface area contributed by atoms with Gasteiger partial charge in [0, 0.05) is 11.6 Å². The highest BCUT2D eigenvalue weighted by Crippen LogP contribution is 2.28. The second kappa shape index (κ2) is 6.39. The first-order valence-corrected chi connectivity index (χ1v) is 6.82. The standard InChI is InChI=1S/C17H21NO/c1-3-6-14-9-11-15(12-10-14)19-17-8-5-4-7-16(17)13(2)18/h4-5,7-13H,3,6,18H2,1-2H3/t13-/m1/s1. The maximum atomic E-state index is 5.95. The molecule has 0 amide bonds. The predicted molar refractivity (Wildman–Crippen MR) is 79.6 cm³/mol. The maximum Gasteiger partial charge on any atom is 0.132 e. The summed E-state index contributed by atoms with van der Waals surface area (Å²) in [4.78, 5) is 0. The van der Waals surface area contributed by atoms with E-state index < -0.39 is 0 Å². The third-order valence-corrected chi connectivity index (χ3v) is 3.10. The van der Waals surface area contributed by atoms with Crippen molar-refractivity contribution in [3.05, 3.63) is 59.7 Å². The normalized spacial score (nSPS) is 12.2. The lowest BCUT2D eigenvalue weighted by Crippen LogP contribution is -2.06. The van der Waals surface area contributed by atoms with E-state index >= 15 is 0 Å². The molecule has 19 heavy (non-hydrogen) atoms. The molecule has 0 saturated heterocycles. The number of benzene rings is 2. The zero-order chi connectivity index (χ0) is 13.7. The van der Waals surface area contributed by atoms with E-state index in [2.05, 4.69) is 19.1 Å². The Balaban J connectivity index is 2.17. The van der Waals surface area contributed by atoms with Crippen molar-refractivity contribution in [1.82, 2.24) is 0 Å². The number of nitrogens with two attached hydrogens (primary N) is 1. The zero-order valence-electron chi connectivity index (χ0n) is 11.6. The molecule has 0 bridgehead atoms. The highest BCUT2D eigenvalue weighted by molar-refractivity contribution is 5.39. The monoisotopic (exact) mass is 255 g/mol. The van der Waals surface area contributed by atoms with Crippen LogP contribution in [0, 0.1) is 0 Å². The van der Waals surface area contributed by atoms with Crippen LogP contribution >= 0.6 is 0 Å². The molecule has 100 valence electrons. The summed E-state index contributed by atoms with van der Waals surface area (Å²) in [6.45, 7) is 4.15. The van der Waals surface area contributed by atoms with E-state index in [4.69, 9.17) is 10.5 Å². The first-order valence-electron chi connectivity index (χ1n) is 6.82. The van der Waals surface area contributed by atoms with Gasteiger partial charge < -0.3 is 10.5 Å². The summed E-state index contributed by atoms with van der Waals surface area (Å²) >= 11 is 0. The van der Waals surface area contributed by atoms with Crippen LogP contribution < -0.4 is 10.5 Å². The van der Waals surface area contributed by atoms with Crippen molar-refractivity contribution < 1.29 is 4.74 Å². The summed E-state index contributed by atoms with van der Waals surface area (Å²) in [5, 5.41) is 0. The van der Waals surface area contributed by atoms with Crippen LogP contribution in [-0.4, -0.2) is 0 Å². The number of hydrogen-bond acceptors (Lipinski definition) is 2. The molecule has 0 aromatic heterocycles. The molecule has 2 nitrogen and oxygen atoms in total. The maximum absolute atomic E-state index is 5.95. The van der Waals surface area contributed by atoms with Crippen LogP contribution in [0.15, 0.2) is 48.5 Å². The quantitative estimate of drug-likeness (QED) is 0.856. The molecule has 0 fully saturated rings. The highest BCUT2D eigenvalue weighted by atomic mass is 16.5. The van der Waals surface area contributed by atoms with Gasteiger partial charge in [-0.05, 0) is 37.1 Å². The first kappa shape index (κ1) is 13.6. The van der Waals surface area contributed by atoms with Crippen molar-refractivity contribution in [3.8, 4) is 11.5 Å². The van der Waals surface area contributed by atoms with Crippen LogP contribution in [0.3, 0.4) is 0 Å². The minimum absolute atomic E-state index is 0.0319. The number of para-hydroxylation sites is 1. The molecule has 0 aliphatic rings. The number of ether oxygens (including phenoxy) is 1. The molecule has 0 unspecified atom stereocenters. The lowest BCUT2D eigenvalue weighted by Gasteiger charge is -2.13. The van der Waals surface area contributed by atoms with Crippen molar-refractivity contribution in [3.63, 3.8) is 0 Å². The zero-order valence-corrected chi connectivity index (χ0v) is 11.6. The summed E-state index contributed by atoms with van der Waals surface area (Å²) in [5.41, 5.74) is 8.32. The van der Waals surface area contributed by atoms with Crippen molar-refractivity contribution in [2.75, 3.05) is 0 Å². The van der Waals surface area contributed by atoms with Gasteiger partial charge in [0.15, 0.2) is 0 Å². The minimum atomic E-state index is -0.0319. The molecule has 2 aromatic rings. The van der Waals surface area contributed by atoms with Crippen molar-refractivity contribution in [2.24, 2.45) is 5.73 Å². The average Bonchev–Trinajstić information content (AvgIpc) is 2.42. The predicted octanol–water partition coefficient (Wildman–Crippen LogP) is 4.45. The lowest BCUT2D eigenvalue weighted by atomic mass is 10.1. The molecule has 0 spiro atoms. The summed E-state index contributed by atoms with van der Waals surface area (Å²) < 4.78 is 5.92. The van der Waals surface area contributed by atoms with Gasteiger partial charge in [-0.25, -0.2) is 0 Å². The Morgan fingerprint density at radius 1 is 1.05 bits per heavy atom. The lowest BCUT2D eigenvalue weighted by molar-refractivity contribution is 0.472. The molecule has 2 heteroatoms. The fraction of sp³-hybridized carbons (Fsp3) is 0.294. The number of rotatable bonds is 5. The topological polar surface area (TPSA) is 35.2 Å². The average molecular weight is 255 g/mol. The first-order chi connectivity index (χ1) is 9.20. The van der Waals surface area contributed by atoms with E-state index in [-0.39, 0.29) is 6.04 Å².